The molecule has 0 unspecified atom stereocenters. The Morgan fingerprint density at radius 1 is 0.341 bits per heavy atom. The number of aromatic nitrogens is 6. The third-order valence-electron chi connectivity index (χ3n) is 8.10. The summed E-state index contributed by atoms with van der Waals surface area (Å²) in [5.74, 6) is 4.66. The summed E-state index contributed by atoms with van der Waals surface area (Å²) in [5, 5.41) is 7.03. The fourth-order valence-electron chi connectivity index (χ4n) is 5.53. The van der Waals surface area contributed by atoms with Crippen LogP contribution < -0.4 is 0 Å². The van der Waals surface area contributed by atoms with Gasteiger partial charge in [0, 0.05) is 32.8 Å². The lowest BCUT2D eigenvalue weighted by atomic mass is 9.89. The monoisotopic (exact) mass is 584 g/mol. The quantitative estimate of drug-likeness (QED) is 0.189. The smallest absolute Gasteiger partial charge is 0.164 e. The Labute approximate surface area is 261 Å². The van der Waals surface area contributed by atoms with E-state index in [0.717, 1.165) is 56.8 Å². The van der Waals surface area contributed by atoms with Crippen molar-refractivity contribution >= 4 is 32.3 Å². The molecule has 0 amide bonds. The van der Waals surface area contributed by atoms with Crippen molar-refractivity contribution in [2.24, 2.45) is 0 Å². The molecule has 6 aromatic rings. The third-order valence-corrected chi connectivity index (χ3v) is 8.10. The summed E-state index contributed by atoms with van der Waals surface area (Å²) in [6.07, 6.45) is 0. The predicted molar refractivity (Wildman–Crippen MR) is 183 cm³/mol. The van der Waals surface area contributed by atoms with Crippen molar-refractivity contribution in [3.05, 3.63) is 71.8 Å². The van der Waals surface area contributed by atoms with Crippen molar-refractivity contribution in [2.45, 2.75) is 105 Å². The molecule has 6 nitrogen and oxygen atoms in total. The van der Waals surface area contributed by atoms with Gasteiger partial charge in [0.1, 0.15) is 23.3 Å². The van der Waals surface area contributed by atoms with Crippen LogP contribution >= 0.6 is 0 Å². The Morgan fingerprint density at radius 3 is 0.886 bits per heavy atom. The minimum absolute atomic E-state index is 0.210. The van der Waals surface area contributed by atoms with Crippen molar-refractivity contribution in [2.75, 3.05) is 0 Å². The Morgan fingerprint density at radius 2 is 0.614 bits per heavy atom. The summed E-state index contributed by atoms with van der Waals surface area (Å²) in [5.41, 5.74) is 1.19. The first-order valence-electron chi connectivity index (χ1n) is 15.6. The van der Waals surface area contributed by atoms with Gasteiger partial charge >= 0.3 is 0 Å². The average Bonchev–Trinajstić information content (AvgIpc) is 2.93. The molecule has 0 aliphatic carbocycles. The molecule has 0 saturated heterocycles. The normalized spacial score (nSPS) is 13.5. The maximum absolute atomic E-state index is 5.05. The van der Waals surface area contributed by atoms with E-state index in [0.29, 0.717) is 0 Å². The van der Waals surface area contributed by atoms with Crippen LogP contribution in [0.3, 0.4) is 0 Å². The van der Waals surface area contributed by atoms with Crippen molar-refractivity contribution in [1.29, 1.82) is 0 Å². The van der Waals surface area contributed by atoms with Crippen LogP contribution in [0, 0.1) is 0 Å². The summed E-state index contributed by atoms with van der Waals surface area (Å²) in [6.45, 7) is 25.9. The van der Waals surface area contributed by atoms with Crippen LogP contribution in [0.5, 0.6) is 0 Å². The molecule has 0 bridgehead atoms. The highest BCUT2D eigenvalue weighted by atomic mass is 15.1. The number of rotatable bonds is 2. The van der Waals surface area contributed by atoms with Crippen LogP contribution in [-0.4, -0.2) is 29.9 Å². The maximum Gasteiger partial charge on any atom is 0.164 e. The largest absolute Gasteiger partial charge is 0.217 e. The number of hydrogen-bond donors (Lipinski definition) is 0. The summed E-state index contributed by atoms with van der Waals surface area (Å²) in [7, 11) is 0. The Bertz CT molecular complexity index is 1830. The fourth-order valence-corrected chi connectivity index (χ4v) is 5.53. The van der Waals surface area contributed by atoms with E-state index < -0.39 is 0 Å². The van der Waals surface area contributed by atoms with Gasteiger partial charge < -0.3 is 0 Å². The second-order valence-electron chi connectivity index (χ2n) is 16.3. The zero-order chi connectivity index (χ0) is 32.0. The van der Waals surface area contributed by atoms with E-state index in [1.807, 2.05) is 0 Å². The average molecular weight is 585 g/mol. The standard InChI is InChI=1S/C38H44N6/c1-35(2,3)31-39-29(40-32(43-31)36(4,5)6)25-19-15-21-14-18-24-26(20-16-22-13-17-23(25)27(21)28(22)24)30-41-33(37(7,8)9)44-34(42-30)38(10,11)12/h13-20H,1-12H3. The van der Waals surface area contributed by atoms with Gasteiger partial charge in [0.05, 0.1) is 0 Å². The second-order valence-corrected chi connectivity index (χ2v) is 16.3. The van der Waals surface area contributed by atoms with E-state index in [2.05, 4.69) is 132 Å². The van der Waals surface area contributed by atoms with E-state index in [4.69, 9.17) is 29.9 Å². The highest BCUT2D eigenvalue weighted by molar-refractivity contribution is 6.27. The summed E-state index contributed by atoms with van der Waals surface area (Å²) >= 11 is 0. The van der Waals surface area contributed by atoms with Crippen molar-refractivity contribution in [3.8, 4) is 22.8 Å². The van der Waals surface area contributed by atoms with Gasteiger partial charge in [0.2, 0.25) is 0 Å². The zero-order valence-corrected chi connectivity index (χ0v) is 28.3. The number of nitrogens with zero attached hydrogens (tertiary/aromatic N) is 6. The van der Waals surface area contributed by atoms with Crippen LogP contribution in [0.25, 0.3) is 55.1 Å². The second kappa shape index (κ2) is 9.72. The number of hydrogen-bond acceptors (Lipinski definition) is 6. The van der Waals surface area contributed by atoms with E-state index in [9.17, 15) is 0 Å². The molecule has 0 spiro atoms. The molecule has 4 aromatic carbocycles. The van der Waals surface area contributed by atoms with Gasteiger partial charge in [-0.15, -0.1) is 0 Å². The van der Waals surface area contributed by atoms with Crippen LogP contribution in [0.1, 0.15) is 106 Å². The minimum atomic E-state index is -0.210. The third kappa shape index (κ3) is 5.18. The van der Waals surface area contributed by atoms with Gasteiger partial charge in [-0.2, -0.15) is 0 Å². The predicted octanol–water partition coefficient (Wildman–Crippen LogP) is 9.48. The maximum atomic E-state index is 5.05. The molecule has 0 atom stereocenters. The van der Waals surface area contributed by atoms with Crippen LogP contribution in [0.15, 0.2) is 48.5 Å². The summed E-state index contributed by atoms with van der Waals surface area (Å²) < 4.78 is 0. The first kappa shape index (κ1) is 30.0. The Hall–Kier alpha value is -4.06. The molecule has 0 aliphatic rings. The van der Waals surface area contributed by atoms with Gasteiger partial charge in [-0.3, -0.25) is 0 Å². The van der Waals surface area contributed by atoms with Gasteiger partial charge in [-0.1, -0.05) is 119 Å². The minimum Gasteiger partial charge on any atom is -0.217 e. The van der Waals surface area contributed by atoms with E-state index in [-0.39, 0.29) is 21.7 Å². The lowest BCUT2D eigenvalue weighted by Crippen LogP contribution is -2.24. The molecule has 44 heavy (non-hydrogen) atoms. The van der Waals surface area contributed by atoms with Crippen LogP contribution in [-0.2, 0) is 21.7 Å². The lowest BCUT2D eigenvalue weighted by molar-refractivity contribution is 0.497. The molecule has 6 rings (SSSR count). The summed E-state index contributed by atoms with van der Waals surface area (Å²) in [6, 6.07) is 17.6. The van der Waals surface area contributed by atoms with E-state index in [1.165, 1.54) is 21.5 Å². The molecule has 0 saturated carbocycles. The first-order chi connectivity index (χ1) is 20.3. The van der Waals surface area contributed by atoms with Crippen LogP contribution in [0.2, 0.25) is 0 Å². The highest BCUT2D eigenvalue weighted by Crippen LogP contribution is 2.42. The van der Waals surface area contributed by atoms with Gasteiger partial charge in [0.15, 0.2) is 11.6 Å². The summed E-state index contributed by atoms with van der Waals surface area (Å²) in [4.78, 5) is 30.0. The van der Waals surface area contributed by atoms with Gasteiger partial charge in [-0.25, -0.2) is 29.9 Å². The molecule has 2 aromatic heterocycles. The molecule has 0 radical (unpaired) electrons. The molecule has 226 valence electrons. The molecular weight excluding hydrogens is 540 g/mol. The van der Waals surface area contributed by atoms with Gasteiger partial charge in [0.25, 0.3) is 0 Å². The van der Waals surface area contributed by atoms with Crippen molar-refractivity contribution in [1.82, 2.24) is 29.9 Å². The fraction of sp³-hybridized carbons (Fsp3) is 0.421. The van der Waals surface area contributed by atoms with Gasteiger partial charge in [-0.05, 0) is 44.5 Å². The molecule has 0 fully saturated rings. The Kier molecular flexibility index (Phi) is 6.62. The molecule has 6 heteroatoms. The van der Waals surface area contributed by atoms with Crippen LogP contribution in [0.4, 0.5) is 0 Å². The van der Waals surface area contributed by atoms with E-state index in [1.54, 1.807) is 0 Å². The highest BCUT2D eigenvalue weighted by Gasteiger charge is 2.28. The Balaban J connectivity index is 1.66. The number of benzene rings is 4. The van der Waals surface area contributed by atoms with E-state index >= 15 is 0 Å². The van der Waals surface area contributed by atoms with Crippen molar-refractivity contribution in [3.63, 3.8) is 0 Å². The molecule has 0 N–H and O–H groups in total. The SMILES string of the molecule is CC(C)(C)c1nc(-c2ccc3ccc4c(-c5nc(C(C)(C)C)nc(C(C)(C)C)n5)ccc5ccc2c3c54)nc(C(C)(C)C)n1. The molecule has 2 heterocycles. The zero-order valence-electron chi connectivity index (χ0n) is 28.3. The molecule has 0 aliphatic heterocycles. The molecular formula is C38H44N6. The first-order valence-corrected chi connectivity index (χ1v) is 15.6. The lowest BCUT2D eigenvalue weighted by Gasteiger charge is -2.23. The van der Waals surface area contributed by atoms with Crippen molar-refractivity contribution < 1.29 is 0 Å². The topological polar surface area (TPSA) is 77.3 Å².